The molecule has 0 saturated carbocycles. The highest BCUT2D eigenvalue weighted by molar-refractivity contribution is 9.10. The van der Waals surface area contributed by atoms with E-state index in [-0.39, 0.29) is 12.1 Å². The van der Waals surface area contributed by atoms with E-state index in [1.165, 1.54) is 5.56 Å². The Morgan fingerprint density at radius 1 is 1.25 bits per heavy atom. The Morgan fingerprint density at radius 3 is 2.65 bits per heavy atom. The van der Waals surface area contributed by atoms with E-state index < -0.39 is 0 Å². The fourth-order valence-corrected chi connectivity index (χ4v) is 3.75. The predicted molar refractivity (Wildman–Crippen MR) is 82.6 cm³/mol. The molecule has 0 aliphatic carbocycles. The van der Waals surface area contributed by atoms with Crippen molar-refractivity contribution in [2.45, 2.75) is 24.9 Å². The van der Waals surface area contributed by atoms with Gasteiger partial charge in [-0.25, -0.2) is 4.79 Å². The Bertz CT molecular complexity index is 502. The van der Waals surface area contributed by atoms with Crippen molar-refractivity contribution in [3.8, 4) is 0 Å². The molecule has 1 aromatic rings. The smallest absolute Gasteiger partial charge is 0.319 e. The first-order valence-electron chi connectivity index (χ1n) is 7.17. The molecule has 0 spiro atoms. The van der Waals surface area contributed by atoms with Crippen molar-refractivity contribution in [1.82, 2.24) is 15.1 Å². The van der Waals surface area contributed by atoms with Crippen molar-refractivity contribution in [2.24, 2.45) is 0 Å². The summed E-state index contributed by atoms with van der Waals surface area (Å²) in [6.45, 7) is 2.82. The molecule has 2 aliphatic rings. The van der Waals surface area contributed by atoms with Crippen LogP contribution in [0.3, 0.4) is 0 Å². The van der Waals surface area contributed by atoms with E-state index in [0.29, 0.717) is 6.04 Å². The van der Waals surface area contributed by atoms with Crippen LogP contribution in [0.25, 0.3) is 0 Å². The molecule has 1 aromatic carbocycles. The molecule has 4 nitrogen and oxygen atoms in total. The Morgan fingerprint density at radius 2 is 1.95 bits per heavy atom. The van der Waals surface area contributed by atoms with E-state index in [1.54, 1.807) is 0 Å². The molecule has 0 bridgehead atoms. The Kier molecular flexibility index (Phi) is 3.98. The number of halogens is 1. The van der Waals surface area contributed by atoms with Crippen LogP contribution in [0.2, 0.25) is 0 Å². The molecule has 0 radical (unpaired) electrons. The van der Waals surface area contributed by atoms with Gasteiger partial charge in [0.05, 0.1) is 6.04 Å². The molecular weight excluding hydrogens is 318 g/mol. The summed E-state index contributed by atoms with van der Waals surface area (Å²) in [4.78, 5) is 16.5. The molecule has 3 rings (SSSR count). The van der Waals surface area contributed by atoms with Gasteiger partial charge in [-0.15, -0.1) is 0 Å². The topological polar surface area (TPSA) is 35.6 Å². The van der Waals surface area contributed by atoms with Gasteiger partial charge in [0.2, 0.25) is 0 Å². The molecule has 2 saturated heterocycles. The van der Waals surface area contributed by atoms with Crippen LogP contribution in [-0.2, 0) is 0 Å². The quantitative estimate of drug-likeness (QED) is 0.900. The maximum absolute atomic E-state index is 12.5. The first kappa shape index (κ1) is 13.9. The zero-order valence-corrected chi connectivity index (χ0v) is 13.3. The number of hydrogen-bond acceptors (Lipinski definition) is 2. The Hall–Kier alpha value is -1.07. The minimum absolute atomic E-state index is 0.146. The van der Waals surface area contributed by atoms with Crippen LogP contribution in [0.5, 0.6) is 0 Å². The molecular formula is C15H20BrN3O. The molecule has 2 aliphatic heterocycles. The predicted octanol–water partition coefficient (Wildman–Crippen LogP) is 2.61. The van der Waals surface area contributed by atoms with Gasteiger partial charge in [0.1, 0.15) is 0 Å². The lowest BCUT2D eigenvalue weighted by molar-refractivity contribution is 0.170. The van der Waals surface area contributed by atoms with Gasteiger partial charge in [0.25, 0.3) is 0 Å². The SMILES string of the molecule is CN1C(=O)N(C2CCNCC2)CC1c1ccccc1Br. The zero-order valence-electron chi connectivity index (χ0n) is 11.7. The summed E-state index contributed by atoms with van der Waals surface area (Å²) in [6, 6.07) is 8.88. The molecule has 20 heavy (non-hydrogen) atoms. The Balaban J connectivity index is 1.81. The van der Waals surface area contributed by atoms with Gasteiger partial charge in [-0.1, -0.05) is 34.1 Å². The van der Waals surface area contributed by atoms with Crippen LogP contribution in [-0.4, -0.2) is 48.6 Å². The number of rotatable bonds is 2. The summed E-state index contributed by atoms with van der Waals surface area (Å²) in [7, 11) is 1.91. The third-order valence-corrected chi connectivity index (χ3v) is 5.12. The highest BCUT2D eigenvalue weighted by atomic mass is 79.9. The van der Waals surface area contributed by atoms with Crippen LogP contribution < -0.4 is 5.32 Å². The van der Waals surface area contributed by atoms with Crippen molar-refractivity contribution >= 4 is 22.0 Å². The number of nitrogens with zero attached hydrogens (tertiary/aromatic N) is 2. The summed E-state index contributed by atoms with van der Waals surface area (Å²) in [5.41, 5.74) is 1.19. The summed E-state index contributed by atoms with van der Waals surface area (Å²) in [5.74, 6) is 0. The van der Waals surface area contributed by atoms with Crippen molar-refractivity contribution < 1.29 is 4.79 Å². The van der Waals surface area contributed by atoms with E-state index in [2.05, 4.69) is 32.2 Å². The highest BCUT2D eigenvalue weighted by Gasteiger charge is 2.39. The van der Waals surface area contributed by atoms with Gasteiger partial charge in [-0.05, 0) is 37.6 Å². The first-order valence-corrected chi connectivity index (χ1v) is 7.96. The summed E-state index contributed by atoms with van der Waals surface area (Å²) >= 11 is 3.60. The summed E-state index contributed by atoms with van der Waals surface area (Å²) in [6.07, 6.45) is 2.12. The highest BCUT2D eigenvalue weighted by Crippen LogP contribution is 2.34. The van der Waals surface area contributed by atoms with Gasteiger partial charge in [-0.3, -0.25) is 0 Å². The summed E-state index contributed by atoms with van der Waals surface area (Å²) in [5, 5.41) is 3.36. The molecule has 2 amide bonds. The maximum Gasteiger partial charge on any atom is 0.320 e. The average Bonchev–Trinajstić information content (AvgIpc) is 2.77. The van der Waals surface area contributed by atoms with Crippen LogP contribution >= 0.6 is 15.9 Å². The normalized spacial score (nSPS) is 24.5. The van der Waals surface area contributed by atoms with E-state index in [9.17, 15) is 4.79 Å². The fraction of sp³-hybridized carbons (Fsp3) is 0.533. The standard InChI is InChI=1S/C15H20BrN3O/c1-18-14(12-4-2-3-5-13(12)16)10-19(15(18)20)11-6-8-17-9-7-11/h2-5,11,14,17H,6-10H2,1H3. The second-order valence-electron chi connectivity index (χ2n) is 5.56. The number of likely N-dealkylation sites (N-methyl/N-ethyl adjacent to an activating group) is 1. The zero-order chi connectivity index (χ0) is 14.1. The van der Waals surface area contributed by atoms with E-state index in [4.69, 9.17) is 0 Å². The van der Waals surface area contributed by atoms with Crippen LogP contribution in [0, 0.1) is 0 Å². The van der Waals surface area contributed by atoms with E-state index in [0.717, 1.165) is 36.9 Å². The number of amides is 2. The van der Waals surface area contributed by atoms with E-state index >= 15 is 0 Å². The number of carbonyl (C=O) groups is 1. The van der Waals surface area contributed by atoms with Gasteiger partial charge in [-0.2, -0.15) is 0 Å². The van der Waals surface area contributed by atoms with Crippen molar-refractivity contribution in [2.75, 3.05) is 26.7 Å². The number of benzene rings is 1. The van der Waals surface area contributed by atoms with Crippen LogP contribution in [0.1, 0.15) is 24.4 Å². The molecule has 2 fully saturated rings. The second kappa shape index (κ2) is 5.74. The molecule has 108 valence electrons. The van der Waals surface area contributed by atoms with Gasteiger partial charge in [0.15, 0.2) is 0 Å². The third-order valence-electron chi connectivity index (χ3n) is 4.40. The van der Waals surface area contributed by atoms with E-state index in [1.807, 2.05) is 30.1 Å². The average molecular weight is 338 g/mol. The minimum atomic E-state index is 0.146. The molecule has 0 aromatic heterocycles. The lowest BCUT2D eigenvalue weighted by Gasteiger charge is -2.30. The summed E-state index contributed by atoms with van der Waals surface area (Å²) < 4.78 is 1.08. The number of urea groups is 1. The molecule has 1 N–H and O–H groups in total. The number of carbonyl (C=O) groups excluding carboxylic acids is 1. The molecule has 2 heterocycles. The molecule has 1 unspecified atom stereocenters. The third kappa shape index (κ3) is 2.44. The lowest BCUT2D eigenvalue weighted by Crippen LogP contribution is -2.44. The number of piperidine rings is 1. The van der Waals surface area contributed by atoms with Crippen LogP contribution in [0.4, 0.5) is 4.79 Å². The van der Waals surface area contributed by atoms with Crippen molar-refractivity contribution in [3.63, 3.8) is 0 Å². The fourth-order valence-electron chi connectivity index (χ4n) is 3.20. The largest absolute Gasteiger partial charge is 0.320 e. The maximum atomic E-state index is 12.5. The van der Waals surface area contributed by atoms with Crippen molar-refractivity contribution in [3.05, 3.63) is 34.3 Å². The van der Waals surface area contributed by atoms with Gasteiger partial charge < -0.3 is 15.1 Å². The lowest BCUT2D eigenvalue weighted by atomic mass is 10.0. The number of nitrogens with one attached hydrogen (secondary N) is 1. The minimum Gasteiger partial charge on any atom is -0.319 e. The first-order chi connectivity index (χ1) is 9.68. The molecule has 5 heteroatoms. The van der Waals surface area contributed by atoms with Gasteiger partial charge >= 0.3 is 6.03 Å². The molecule has 1 atom stereocenters. The second-order valence-corrected chi connectivity index (χ2v) is 6.42. The van der Waals surface area contributed by atoms with Crippen molar-refractivity contribution in [1.29, 1.82) is 0 Å². The van der Waals surface area contributed by atoms with Crippen LogP contribution in [0.15, 0.2) is 28.7 Å². The Labute approximate surface area is 128 Å². The van der Waals surface area contributed by atoms with Gasteiger partial charge in [0, 0.05) is 24.1 Å². The number of hydrogen-bond donors (Lipinski definition) is 1. The monoisotopic (exact) mass is 337 g/mol.